The van der Waals surface area contributed by atoms with Crippen LogP contribution in [0.3, 0.4) is 0 Å². The largest absolute Gasteiger partial charge is 0.494 e. The molecular formula is C21H25ClN2O4S. The van der Waals surface area contributed by atoms with Crippen LogP contribution >= 0.6 is 11.6 Å². The number of benzene rings is 2. The van der Waals surface area contributed by atoms with Gasteiger partial charge in [0.2, 0.25) is 10.0 Å². The third-order valence-electron chi connectivity index (χ3n) is 4.85. The molecule has 1 aliphatic heterocycles. The average molecular weight is 437 g/mol. The fraction of sp³-hybridized carbons (Fsp3) is 0.381. The van der Waals surface area contributed by atoms with Crippen LogP contribution in [0.15, 0.2) is 47.4 Å². The number of ether oxygens (including phenoxy) is 1. The van der Waals surface area contributed by atoms with E-state index in [1.54, 1.807) is 0 Å². The molecule has 6 nitrogen and oxygen atoms in total. The fourth-order valence-corrected chi connectivity index (χ4v) is 5.06. The van der Waals surface area contributed by atoms with Gasteiger partial charge in [0, 0.05) is 25.2 Å². The molecule has 1 fully saturated rings. The summed E-state index contributed by atoms with van der Waals surface area (Å²) in [5.74, 6) is 0.264. The summed E-state index contributed by atoms with van der Waals surface area (Å²) in [5.41, 5.74) is 0.967. The Morgan fingerprint density at radius 2 is 1.86 bits per heavy atom. The Balaban J connectivity index is 1.78. The van der Waals surface area contributed by atoms with Gasteiger partial charge < -0.3 is 10.1 Å². The fourth-order valence-electron chi connectivity index (χ4n) is 3.31. The van der Waals surface area contributed by atoms with E-state index in [1.165, 1.54) is 22.5 Å². The van der Waals surface area contributed by atoms with Gasteiger partial charge in [0.1, 0.15) is 5.75 Å². The Labute approximate surface area is 176 Å². The maximum Gasteiger partial charge on any atom is 0.253 e. The third kappa shape index (κ3) is 5.10. The van der Waals surface area contributed by atoms with Gasteiger partial charge in [0.05, 0.1) is 22.1 Å². The first-order chi connectivity index (χ1) is 13.9. The second-order valence-corrected chi connectivity index (χ2v) is 9.17. The molecular weight excluding hydrogens is 412 g/mol. The standard InChI is InChI=1S/C21H25ClN2O4S/c1-2-28-20-9-5-4-8-16(20)15-23-21(25)18-14-17(10-11-19(18)22)29(26,27)24-12-6-3-7-13-24/h4-5,8-11,14H,2-3,6-7,12-13,15H2,1H3,(H,23,25). The van der Waals surface area contributed by atoms with Crippen molar-refractivity contribution in [3.05, 3.63) is 58.6 Å². The molecule has 1 aliphatic rings. The van der Waals surface area contributed by atoms with E-state index in [1.807, 2.05) is 31.2 Å². The minimum absolute atomic E-state index is 0.0867. The molecule has 1 amide bonds. The highest BCUT2D eigenvalue weighted by Gasteiger charge is 2.27. The predicted octanol–water partition coefficient (Wildman–Crippen LogP) is 3.84. The third-order valence-corrected chi connectivity index (χ3v) is 7.07. The molecule has 1 saturated heterocycles. The van der Waals surface area contributed by atoms with E-state index in [2.05, 4.69) is 5.32 Å². The number of sulfonamides is 1. The van der Waals surface area contributed by atoms with Crippen LogP contribution in [0.4, 0.5) is 0 Å². The molecule has 0 saturated carbocycles. The number of hydrogen-bond donors (Lipinski definition) is 1. The zero-order valence-electron chi connectivity index (χ0n) is 16.4. The van der Waals surface area contributed by atoms with Crippen molar-refractivity contribution >= 4 is 27.5 Å². The number of para-hydroxylation sites is 1. The van der Waals surface area contributed by atoms with Crippen LogP contribution in [-0.2, 0) is 16.6 Å². The van der Waals surface area contributed by atoms with Crippen molar-refractivity contribution in [2.24, 2.45) is 0 Å². The van der Waals surface area contributed by atoms with Gasteiger partial charge in [0.15, 0.2) is 0 Å². The Bertz CT molecular complexity index is 972. The summed E-state index contributed by atoms with van der Waals surface area (Å²) in [4.78, 5) is 12.8. The van der Waals surface area contributed by atoms with Crippen molar-refractivity contribution < 1.29 is 17.9 Å². The average Bonchev–Trinajstić information content (AvgIpc) is 2.74. The molecule has 156 valence electrons. The van der Waals surface area contributed by atoms with Gasteiger partial charge in [-0.1, -0.05) is 36.2 Å². The highest BCUT2D eigenvalue weighted by Crippen LogP contribution is 2.25. The van der Waals surface area contributed by atoms with Crippen LogP contribution in [0.2, 0.25) is 5.02 Å². The minimum Gasteiger partial charge on any atom is -0.494 e. The summed E-state index contributed by atoms with van der Waals surface area (Å²) in [6, 6.07) is 11.7. The van der Waals surface area contributed by atoms with Crippen LogP contribution in [0, 0.1) is 0 Å². The molecule has 0 aromatic heterocycles. The minimum atomic E-state index is -3.64. The summed E-state index contributed by atoms with van der Waals surface area (Å²) in [6.45, 7) is 3.66. The highest BCUT2D eigenvalue weighted by atomic mass is 35.5. The molecule has 0 radical (unpaired) electrons. The zero-order chi connectivity index (χ0) is 20.9. The van der Waals surface area contributed by atoms with Crippen molar-refractivity contribution in [2.45, 2.75) is 37.6 Å². The Hall–Kier alpha value is -2.09. The summed E-state index contributed by atoms with van der Waals surface area (Å²) >= 11 is 6.20. The van der Waals surface area contributed by atoms with E-state index in [4.69, 9.17) is 16.3 Å². The Kier molecular flexibility index (Phi) is 7.16. The smallest absolute Gasteiger partial charge is 0.253 e. The topological polar surface area (TPSA) is 75.7 Å². The quantitative estimate of drug-likeness (QED) is 0.715. The molecule has 29 heavy (non-hydrogen) atoms. The number of carbonyl (C=O) groups is 1. The molecule has 8 heteroatoms. The molecule has 1 heterocycles. The predicted molar refractivity (Wildman–Crippen MR) is 113 cm³/mol. The first kappa shape index (κ1) is 21.6. The molecule has 0 bridgehead atoms. The summed E-state index contributed by atoms with van der Waals surface area (Å²) in [6.07, 6.45) is 2.72. The van der Waals surface area contributed by atoms with Crippen molar-refractivity contribution in [3.8, 4) is 5.75 Å². The van der Waals surface area contributed by atoms with Gasteiger partial charge in [-0.3, -0.25) is 4.79 Å². The normalized spacial score (nSPS) is 15.1. The lowest BCUT2D eigenvalue weighted by molar-refractivity contribution is 0.0950. The van der Waals surface area contributed by atoms with Crippen molar-refractivity contribution in [1.29, 1.82) is 0 Å². The van der Waals surface area contributed by atoms with Gasteiger partial charge in [0.25, 0.3) is 5.91 Å². The maximum absolute atomic E-state index is 12.9. The number of carbonyl (C=O) groups excluding carboxylic acids is 1. The molecule has 0 spiro atoms. The van der Waals surface area contributed by atoms with Crippen LogP contribution in [0.25, 0.3) is 0 Å². The number of nitrogens with zero attached hydrogens (tertiary/aromatic N) is 1. The summed E-state index contributed by atoms with van der Waals surface area (Å²) in [7, 11) is -3.64. The molecule has 0 aliphatic carbocycles. The van der Waals surface area contributed by atoms with E-state index < -0.39 is 15.9 Å². The zero-order valence-corrected chi connectivity index (χ0v) is 17.9. The maximum atomic E-state index is 12.9. The van der Waals surface area contributed by atoms with Gasteiger partial charge in [-0.2, -0.15) is 4.31 Å². The van der Waals surface area contributed by atoms with Crippen LogP contribution in [0.5, 0.6) is 5.75 Å². The number of amides is 1. The van der Waals surface area contributed by atoms with Gasteiger partial charge in [-0.25, -0.2) is 8.42 Å². The molecule has 3 rings (SSSR count). The van der Waals surface area contributed by atoms with Crippen molar-refractivity contribution in [2.75, 3.05) is 19.7 Å². The molecule has 2 aromatic carbocycles. The summed E-state index contributed by atoms with van der Waals surface area (Å²) in [5, 5.41) is 3.01. The van der Waals surface area contributed by atoms with Crippen LogP contribution in [-0.4, -0.2) is 38.3 Å². The lowest BCUT2D eigenvalue weighted by Crippen LogP contribution is -2.35. The van der Waals surface area contributed by atoms with E-state index in [9.17, 15) is 13.2 Å². The van der Waals surface area contributed by atoms with Gasteiger partial charge in [-0.15, -0.1) is 0 Å². The van der Waals surface area contributed by atoms with Crippen molar-refractivity contribution in [3.63, 3.8) is 0 Å². The first-order valence-corrected chi connectivity index (χ1v) is 11.5. The number of rotatable bonds is 7. The summed E-state index contributed by atoms with van der Waals surface area (Å²) < 4.78 is 32.8. The number of hydrogen-bond acceptors (Lipinski definition) is 4. The number of nitrogens with one attached hydrogen (secondary N) is 1. The Morgan fingerprint density at radius 3 is 2.59 bits per heavy atom. The van der Waals surface area contributed by atoms with E-state index in [0.717, 1.165) is 24.8 Å². The van der Waals surface area contributed by atoms with Gasteiger partial charge in [-0.05, 0) is 44.0 Å². The second-order valence-electron chi connectivity index (χ2n) is 6.83. The molecule has 0 unspecified atom stereocenters. The first-order valence-electron chi connectivity index (χ1n) is 9.72. The van der Waals surface area contributed by atoms with Crippen LogP contribution in [0.1, 0.15) is 42.1 Å². The second kappa shape index (κ2) is 9.61. The van der Waals surface area contributed by atoms with E-state index in [-0.39, 0.29) is 22.0 Å². The van der Waals surface area contributed by atoms with E-state index >= 15 is 0 Å². The van der Waals surface area contributed by atoms with Crippen LogP contribution < -0.4 is 10.1 Å². The monoisotopic (exact) mass is 436 g/mol. The SMILES string of the molecule is CCOc1ccccc1CNC(=O)c1cc(S(=O)(=O)N2CCCCC2)ccc1Cl. The lowest BCUT2D eigenvalue weighted by atomic mass is 10.1. The van der Waals surface area contributed by atoms with E-state index in [0.29, 0.717) is 25.4 Å². The van der Waals surface area contributed by atoms with Gasteiger partial charge >= 0.3 is 0 Å². The molecule has 1 N–H and O–H groups in total. The Morgan fingerprint density at radius 1 is 1.14 bits per heavy atom. The number of piperidine rings is 1. The highest BCUT2D eigenvalue weighted by molar-refractivity contribution is 7.89. The number of halogens is 1. The lowest BCUT2D eigenvalue weighted by Gasteiger charge is -2.26. The molecule has 2 aromatic rings. The van der Waals surface area contributed by atoms with Crippen molar-refractivity contribution in [1.82, 2.24) is 9.62 Å². The molecule has 0 atom stereocenters.